The van der Waals surface area contributed by atoms with E-state index in [1.54, 1.807) is 0 Å². The Bertz CT molecular complexity index is 1240. The van der Waals surface area contributed by atoms with Crippen LogP contribution in [-0.2, 0) is 6.16 Å². The van der Waals surface area contributed by atoms with Crippen molar-refractivity contribution in [2.45, 2.75) is 13.1 Å². The van der Waals surface area contributed by atoms with E-state index in [0.717, 1.165) is 28.9 Å². The lowest BCUT2D eigenvalue weighted by atomic mass is 10.2. The number of hydrogen-bond acceptors (Lipinski definition) is 2. The second-order valence-corrected chi connectivity index (χ2v) is 11.6. The van der Waals surface area contributed by atoms with E-state index in [9.17, 15) is 0 Å². The molecular formula is C30H26N2P+. The highest BCUT2D eigenvalue weighted by Crippen LogP contribution is 2.57. The number of hydrogen-bond donors (Lipinski definition) is 0. The van der Waals surface area contributed by atoms with Crippen LogP contribution in [0.25, 0.3) is 11.4 Å². The maximum Gasteiger partial charge on any atom is 0.118 e. The van der Waals surface area contributed by atoms with E-state index in [-0.39, 0.29) is 0 Å². The molecule has 2 heterocycles. The Morgan fingerprint density at radius 2 is 0.939 bits per heavy atom. The van der Waals surface area contributed by atoms with Crippen molar-refractivity contribution >= 4 is 23.2 Å². The molecule has 0 spiro atoms. The highest BCUT2D eigenvalue weighted by atomic mass is 31.2. The highest BCUT2D eigenvalue weighted by molar-refractivity contribution is 7.95. The fraction of sp³-hybridized carbons (Fsp3) is 0.0667. The molecule has 0 radical (unpaired) electrons. The van der Waals surface area contributed by atoms with Crippen LogP contribution >= 0.6 is 7.26 Å². The summed E-state index contributed by atoms with van der Waals surface area (Å²) in [6.07, 6.45) is 0.852. The van der Waals surface area contributed by atoms with Gasteiger partial charge in [0.15, 0.2) is 0 Å². The van der Waals surface area contributed by atoms with Crippen molar-refractivity contribution in [1.82, 2.24) is 9.97 Å². The van der Waals surface area contributed by atoms with E-state index in [4.69, 9.17) is 9.97 Å². The molecule has 3 aromatic carbocycles. The zero-order chi connectivity index (χ0) is 22.5. The first-order valence-electron chi connectivity index (χ1n) is 11.2. The molecule has 2 nitrogen and oxygen atoms in total. The third kappa shape index (κ3) is 4.35. The summed E-state index contributed by atoms with van der Waals surface area (Å²) in [5.41, 5.74) is 3.92. The Morgan fingerprint density at radius 1 is 0.485 bits per heavy atom. The Hall–Kier alpha value is -3.61. The molecule has 0 amide bonds. The standard InChI is InChI=1S/C30H26N2P/c1-24-13-11-21-29(31-24)30-22-12-14-25(32-30)23-33(26-15-5-2-6-16-26,27-17-7-3-8-18-27)28-19-9-4-10-20-28/h2-22H,23H2,1H3/q+1. The van der Waals surface area contributed by atoms with Crippen molar-refractivity contribution in [3.8, 4) is 11.4 Å². The van der Waals surface area contributed by atoms with Crippen molar-refractivity contribution in [2.24, 2.45) is 0 Å². The molecule has 33 heavy (non-hydrogen) atoms. The topological polar surface area (TPSA) is 25.8 Å². The first-order chi connectivity index (χ1) is 16.3. The van der Waals surface area contributed by atoms with E-state index in [1.807, 2.05) is 25.1 Å². The monoisotopic (exact) mass is 445 g/mol. The molecule has 3 heteroatoms. The number of pyridine rings is 2. The van der Waals surface area contributed by atoms with Gasteiger partial charge in [0, 0.05) is 5.69 Å². The molecule has 0 unspecified atom stereocenters. The van der Waals surface area contributed by atoms with Gasteiger partial charge in [-0.3, -0.25) is 4.98 Å². The van der Waals surface area contributed by atoms with Crippen LogP contribution in [0.15, 0.2) is 127 Å². The molecule has 0 saturated heterocycles. The van der Waals surface area contributed by atoms with Crippen molar-refractivity contribution in [3.63, 3.8) is 0 Å². The zero-order valence-electron chi connectivity index (χ0n) is 18.7. The fourth-order valence-corrected chi connectivity index (χ4v) is 8.56. The fourth-order valence-electron chi connectivity index (χ4n) is 4.41. The quantitative estimate of drug-likeness (QED) is 0.302. The number of nitrogens with zero attached hydrogens (tertiary/aromatic N) is 2. The normalized spacial score (nSPS) is 11.3. The molecular weight excluding hydrogens is 419 g/mol. The highest BCUT2D eigenvalue weighted by Gasteiger charge is 2.45. The van der Waals surface area contributed by atoms with Crippen LogP contribution in [0, 0.1) is 6.92 Å². The lowest BCUT2D eigenvalue weighted by molar-refractivity contribution is 1.13. The van der Waals surface area contributed by atoms with Gasteiger partial charge in [0.1, 0.15) is 29.3 Å². The predicted molar refractivity (Wildman–Crippen MR) is 141 cm³/mol. The van der Waals surface area contributed by atoms with Crippen LogP contribution in [0.3, 0.4) is 0 Å². The Balaban J connectivity index is 1.70. The summed E-state index contributed by atoms with van der Waals surface area (Å²) in [4.78, 5) is 9.81. The molecule has 160 valence electrons. The van der Waals surface area contributed by atoms with Gasteiger partial charge in [-0.2, -0.15) is 0 Å². The van der Waals surface area contributed by atoms with E-state index in [0.29, 0.717) is 0 Å². The van der Waals surface area contributed by atoms with E-state index < -0.39 is 7.26 Å². The predicted octanol–water partition coefficient (Wildman–Crippen LogP) is 5.95. The summed E-state index contributed by atoms with van der Waals surface area (Å²) in [5.74, 6) is 0. The minimum atomic E-state index is -1.98. The van der Waals surface area contributed by atoms with Crippen molar-refractivity contribution in [3.05, 3.63) is 139 Å². The van der Waals surface area contributed by atoms with Crippen LogP contribution in [0.4, 0.5) is 0 Å². The molecule has 0 fully saturated rings. The minimum Gasteiger partial charge on any atom is -0.251 e. The zero-order valence-corrected chi connectivity index (χ0v) is 19.6. The number of benzene rings is 3. The van der Waals surface area contributed by atoms with Gasteiger partial charge in [-0.15, -0.1) is 0 Å². The third-order valence-electron chi connectivity index (χ3n) is 5.95. The van der Waals surface area contributed by atoms with Crippen LogP contribution in [0.5, 0.6) is 0 Å². The maximum atomic E-state index is 5.11. The van der Waals surface area contributed by atoms with Gasteiger partial charge in [0.05, 0.1) is 17.1 Å². The van der Waals surface area contributed by atoms with Gasteiger partial charge in [-0.1, -0.05) is 66.7 Å². The molecule has 0 N–H and O–H groups in total. The average molecular weight is 446 g/mol. The van der Waals surface area contributed by atoms with Gasteiger partial charge in [0.2, 0.25) is 0 Å². The molecule has 0 aliphatic carbocycles. The van der Waals surface area contributed by atoms with Crippen LogP contribution < -0.4 is 15.9 Å². The molecule has 2 aromatic heterocycles. The number of aromatic nitrogens is 2. The summed E-state index contributed by atoms with van der Waals surface area (Å²) in [7, 11) is -1.98. The van der Waals surface area contributed by atoms with Gasteiger partial charge in [0.25, 0.3) is 0 Å². The Kier molecular flexibility index (Phi) is 6.11. The first kappa shape index (κ1) is 21.2. The Labute approximate surface area is 196 Å². The maximum absolute atomic E-state index is 5.11. The smallest absolute Gasteiger partial charge is 0.118 e. The van der Waals surface area contributed by atoms with E-state index in [1.165, 1.54) is 15.9 Å². The summed E-state index contributed by atoms with van der Waals surface area (Å²) >= 11 is 0. The van der Waals surface area contributed by atoms with Crippen molar-refractivity contribution in [1.29, 1.82) is 0 Å². The molecule has 5 aromatic rings. The summed E-state index contributed by atoms with van der Waals surface area (Å²) in [6.45, 7) is 2.02. The average Bonchev–Trinajstić information content (AvgIpc) is 2.89. The van der Waals surface area contributed by atoms with E-state index in [2.05, 4.69) is 109 Å². The second kappa shape index (κ2) is 9.48. The third-order valence-corrected chi connectivity index (χ3v) is 10.3. The minimum absolute atomic E-state index is 0.852. The molecule has 0 aliphatic rings. The summed E-state index contributed by atoms with van der Waals surface area (Å²) in [6, 6.07) is 45.3. The largest absolute Gasteiger partial charge is 0.251 e. The molecule has 0 aliphatic heterocycles. The lowest BCUT2D eigenvalue weighted by Gasteiger charge is -2.27. The van der Waals surface area contributed by atoms with Crippen molar-refractivity contribution in [2.75, 3.05) is 0 Å². The van der Waals surface area contributed by atoms with Crippen LogP contribution in [-0.4, -0.2) is 9.97 Å². The van der Waals surface area contributed by atoms with Crippen LogP contribution in [0.2, 0.25) is 0 Å². The van der Waals surface area contributed by atoms with Gasteiger partial charge >= 0.3 is 0 Å². The van der Waals surface area contributed by atoms with Gasteiger partial charge in [-0.05, 0) is 67.6 Å². The van der Waals surface area contributed by atoms with Crippen molar-refractivity contribution < 1.29 is 0 Å². The molecule has 5 rings (SSSR count). The van der Waals surface area contributed by atoms with Gasteiger partial charge < -0.3 is 0 Å². The number of rotatable bonds is 6. The Morgan fingerprint density at radius 3 is 1.42 bits per heavy atom. The van der Waals surface area contributed by atoms with Gasteiger partial charge in [-0.25, -0.2) is 4.98 Å². The van der Waals surface area contributed by atoms with E-state index >= 15 is 0 Å². The molecule has 0 saturated carbocycles. The lowest BCUT2D eigenvalue weighted by Crippen LogP contribution is -2.32. The summed E-state index contributed by atoms with van der Waals surface area (Å²) < 4.78 is 0. The van der Waals surface area contributed by atoms with Crippen LogP contribution in [0.1, 0.15) is 11.4 Å². The number of aryl methyl sites for hydroxylation is 1. The molecule has 0 atom stereocenters. The molecule has 0 bridgehead atoms. The SMILES string of the molecule is Cc1cccc(-c2cccc(C[P+](c3ccccc3)(c3ccccc3)c3ccccc3)n2)n1. The second-order valence-electron chi connectivity index (χ2n) is 8.15. The summed E-state index contributed by atoms with van der Waals surface area (Å²) in [5, 5.41) is 4.09. The first-order valence-corrected chi connectivity index (χ1v) is 13.2.